The Labute approximate surface area is 129 Å². The van der Waals surface area contributed by atoms with Crippen LogP contribution in [0, 0.1) is 11.8 Å². The Hall–Kier alpha value is -0.780. The van der Waals surface area contributed by atoms with Crippen molar-refractivity contribution in [2.75, 3.05) is 25.6 Å². The maximum atomic E-state index is 11.1. The molecular formula is C15H31N3O2S. The molecule has 0 aromatic heterocycles. The molecule has 0 unspecified atom stereocenters. The zero-order chi connectivity index (χ0) is 15.9. The minimum atomic E-state index is -2.87. The molecule has 0 aromatic rings. The largest absolute Gasteiger partial charge is 0.356 e. The first-order valence-electron chi connectivity index (χ1n) is 7.96. The second-order valence-electron chi connectivity index (χ2n) is 6.48. The van der Waals surface area contributed by atoms with Crippen LogP contribution in [-0.4, -0.2) is 46.0 Å². The lowest BCUT2D eigenvalue weighted by atomic mass is 9.80. The lowest BCUT2D eigenvalue weighted by Gasteiger charge is -2.32. The summed E-state index contributed by atoms with van der Waals surface area (Å²) < 4.78 is 22.1. The Morgan fingerprint density at radius 3 is 2.33 bits per heavy atom. The third-order valence-corrected chi connectivity index (χ3v) is 5.29. The van der Waals surface area contributed by atoms with Crippen molar-refractivity contribution in [3.8, 4) is 0 Å². The molecule has 0 heterocycles. The smallest absolute Gasteiger partial charge is 0.191 e. The first kappa shape index (κ1) is 18.3. The molecule has 0 saturated heterocycles. The van der Waals surface area contributed by atoms with Gasteiger partial charge in [0, 0.05) is 25.9 Å². The minimum Gasteiger partial charge on any atom is -0.356 e. The number of nitrogens with one attached hydrogen (secondary N) is 2. The molecule has 21 heavy (non-hydrogen) atoms. The first-order chi connectivity index (χ1) is 9.81. The highest BCUT2D eigenvalue weighted by atomic mass is 32.2. The van der Waals surface area contributed by atoms with Crippen molar-refractivity contribution in [1.82, 2.24) is 10.6 Å². The number of hydrogen-bond donors (Lipinski definition) is 2. The standard InChI is InChI=1S/C15H31N3O2S/c1-12(2)13-6-8-14(9-7-13)18-15(16-3)17-10-5-11-21(4,19)20/h12-14H,5-11H2,1-4H3,(H2,16,17,18). The summed E-state index contributed by atoms with van der Waals surface area (Å²) in [6, 6.07) is 0.487. The third kappa shape index (κ3) is 7.69. The fourth-order valence-electron chi connectivity index (χ4n) is 2.86. The van der Waals surface area contributed by atoms with Crippen LogP contribution in [0.15, 0.2) is 4.99 Å². The Morgan fingerprint density at radius 1 is 1.24 bits per heavy atom. The van der Waals surface area contributed by atoms with E-state index in [9.17, 15) is 8.42 Å². The van der Waals surface area contributed by atoms with E-state index in [1.54, 1.807) is 7.05 Å². The van der Waals surface area contributed by atoms with Gasteiger partial charge in [-0.2, -0.15) is 0 Å². The number of nitrogens with zero attached hydrogens (tertiary/aromatic N) is 1. The lowest BCUT2D eigenvalue weighted by Crippen LogP contribution is -2.45. The normalized spacial score (nSPS) is 24.1. The molecule has 5 nitrogen and oxygen atoms in total. The van der Waals surface area contributed by atoms with Crippen LogP contribution in [0.5, 0.6) is 0 Å². The molecule has 1 aliphatic rings. The molecule has 0 bridgehead atoms. The van der Waals surface area contributed by atoms with Gasteiger partial charge < -0.3 is 10.6 Å². The highest BCUT2D eigenvalue weighted by Crippen LogP contribution is 2.29. The molecule has 1 saturated carbocycles. The molecule has 0 spiro atoms. The molecule has 0 amide bonds. The van der Waals surface area contributed by atoms with Gasteiger partial charge >= 0.3 is 0 Å². The molecule has 2 N–H and O–H groups in total. The summed E-state index contributed by atoms with van der Waals surface area (Å²) in [7, 11) is -1.12. The molecular weight excluding hydrogens is 286 g/mol. The van der Waals surface area contributed by atoms with E-state index in [1.165, 1.54) is 31.9 Å². The minimum absolute atomic E-state index is 0.219. The maximum Gasteiger partial charge on any atom is 0.191 e. The fourth-order valence-corrected chi connectivity index (χ4v) is 3.53. The van der Waals surface area contributed by atoms with Crippen molar-refractivity contribution < 1.29 is 8.42 Å². The van der Waals surface area contributed by atoms with Crippen LogP contribution in [-0.2, 0) is 9.84 Å². The average Bonchev–Trinajstić information content (AvgIpc) is 2.41. The zero-order valence-electron chi connectivity index (χ0n) is 13.9. The Bertz CT molecular complexity index is 424. The third-order valence-electron chi connectivity index (χ3n) is 4.26. The van der Waals surface area contributed by atoms with E-state index >= 15 is 0 Å². The quantitative estimate of drug-likeness (QED) is 0.445. The summed E-state index contributed by atoms with van der Waals surface area (Å²) in [6.45, 7) is 5.25. The first-order valence-corrected chi connectivity index (χ1v) is 10.0. The van der Waals surface area contributed by atoms with E-state index in [4.69, 9.17) is 0 Å². The molecule has 1 fully saturated rings. The molecule has 0 aliphatic heterocycles. The number of hydrogen-bond acceptors (Lipinski definition) is 3. The second kappa shape index (κ2) is 8.61. The van der Waals surface area contributed by atoms with Gasteiger partial charge in [-0.25, -0.2) is 8.42 Å². The maximum absolute atomic E-state index is 11.1. The zero-order valence-corrected chi connectivity index (χ0v) is 14.7. The van der Waals surface area contributed by atoms with E-state index < -0.39 is 9.84 Å². The summed E-state index contributed by atoms with van der Waals surface area (Å²) >= 11 is 0. The summed E-state index contributed by atoms with van der Waals surface area (Å²) in [5, 5.41) is 6.65. The lowest BCUT2D eigenvalue weighted by molar-refractivity contribution is 0.250. The van der Waals surface area contributed by atoms with Crippen molar-refractivity contribution in [3.63, 3.8) is 0 Å². The Kier molecular flexibility index (Phi) is 7.49. The Balaban J connectivity index is 2.26. The molecule has 0 aromatic carbocycles. The highest BCUT2D eigenvalue weighted by molar-refractivity contribution is 7.90. The van der Waals surface area contributed by atoms with Crippen LogP contribution in [0.4, 0.5) is 0 Å². The second-order valence-corrected chi connectivity index (χ2v) is 8.74. The molecule has 0 atom stereocenters. The van der Waals surface area contributed by atoms with Gasteiger partial charge in [0.15, 0.2) is 5.96 Å². The van der Waals surface area contributed by atoms with Crippen molar-refractivity contribution in [2.24, 2.45) is 16.8 Å². The van der Waals surface area contributed by atoms with Gasteiger partial charge in [-0.15, -0.1) is 0 Å². The van der Waals surface area contributed by atoms with E-state index in [-0.39, 0.29) is 5.75 Å². The molecule has 1 rings (SSSR count). The van der Waals surface area contributed by atoms with Gasteiger partial charge in [0.25, 0.3) is 0 Å². The van der Waals surface area contributed by atoms with Gasteiger partial charge in [-0.3, -0.25) is 4.99 Å². The van der Waals surface area contributed by atoms with Gasteiger partial charge in [0.05, 0.1) is 5.75 Å². The fraction of sp³-hybridized carbons (Fsp3) is 0.933. The van der Waals surface area contributed by atoms with Crippen LogP contribution in [0.1, 0.15) is 46.0 Å². The number of guanidine groups is 1. The van der Waals surface area contributed by atoms with Crippen LogP contribution in [0.2, 0.25) is 0 Å². The van der Waals surface area contributed by atoms with Crippen LogP contribution < -0.4 is 10.6 Å². The summed E-state index contributed by atoms with van der Waals surface area (Å²) in [6.07, 6.45) is 6.81. The van der Waals surface area contributed by atoms with Crippen LogP contribution in [0.25, 0.3) is 0 Å². The topological polar surface area (TPSA) is 70.6 Å². The molecule has 6 heteroatoms. The predicted octanol–water partition coefficient (Wildman–Crippen LogP) is 1.80. The molecule has 124 valence electrons. The summed E-state index contributed by atoms with van der Waals surface area (Å²) in [4.78, 5) is 4.22. The van der Waals surface area contributed by atoms with Crippen molar-refractivity contribution in [3.05, 3.63) is 0 Å². The van der Waals surface area contributed by atoms with E-state index in [0.29, 0.717) is 19.0 Å². The summed E-state index contributed by atoms with van der Waals surface area (Å²) in [5.74, 6) is 2.64. The summed E-state index contributed by atoms with van der Waals surface area (Å²) in [5.41, 5.74) is 0. The van der Waals surface area contributed by atoms with Crippen molar-refractivity contribution in [1.29, 1.82) is 0 Å². The number of sulfone groups is 1. The van der Waals surface area contributed by atoms with Crippen molar-refractivity contribution >= 4 is 15.8 Å². The SMILES string of the molecule is CN=C(NCCCS(C)(=O)=O)NC1CCC(C(C)C)CC1. The number of aliphatic imine (C=N–C) groups is 1. The average molecular weight is 317 g/mol. The number of rotatable bonds is 6. The van der Waals surface area contributed by atoms with Gasteiger partial charge in [0.2, 0.25) is 0 Å². The van der Waals surface area contributed by atoms with E-state index in [1.807, 2.05) is 0 Å². The monoisotopic (exact) mass is 317 g/mol. The van der Waals surface area contributed by atoms with Crippen molar-refractivity contribution in [2.45, 2.75) is 52.0 Å². The van der Waals surface area contributed by atoms with Gasteiger partial charge in [0.1, 0.15) is 9.84 Å². The van der Waals surface area contributed by atoms with Gasteiger partial charge in [-0.05, 0) is 43.9 Å². The predicted molar refractivity (Wildman–Crippen MR) is 89.4 cm³/mol. The van der Waals surface area contributed by atoms with E-state index in [2.05, 4.69) is 29.5 Å². The Morgan fingerprint density at radius 2 is 1.86 bits per heavy atom. The molecule has 0 radical (unpaired) electrons. The van der Waals surface area contributed by atoms with Crippen LogP contribution >= 0.6 is 0 Å². The molecule has 1 aliphatic carbocycles. The van der Waals surface area contributed by atoms with E-state index in [0.717, 1.165) is 17.8 Å². The van der Waals surface area contributed by atoms with Gasteiger partial charge in [-0.1, -0.05) is 13.8 Å². The van der Waals surface area contributed by atoms with Crippen LogP contribution in [0.3, 0.4) is 0 Å². The highest BCUT2D eigenvalue weighted by Gasteiger charge is 2.23.